The Labute approximate surface area is 141 Å². The maximum atomic E-state index is 12.5. The topological polar surface area (TPSA) is 83.5 Å². The minimum absolute atomic E-state index is 0.0143. The van der Waals surface area contributed by atoms with Gasteiger partial charge in [0, 0.05) is 30.9 Å². The molecule has 0 spiro atoms. The minimum Gasteiger partial charge on any atom is -0.345 e. The zero-order valence-electron chi connectivity index (χ0n) is 13.6. The standard InChI is InChI=1S/C17H18N2O4S/c1-12(20)13-6-5-9-16(11-13)24(22,23)18-15-8-4-7-14(10-15)17(21)19(2)3/h4-11,18H,1-3H3. The van der Waals surface area contributed by atoms with Crippen LogP contribution in [0.3, 0.4) is 0 Å². The Balaban J connectivity index is 2.33. The Bertz CT molecular complexity index is 889. The summed E-state index contributed by atoms with van der Waals surface area (Å²) >= 11 is 0. The van der Waals surface area contributed by atoms with Crippen molar-refractivity contribution in [3.63, 3.8) is 0 Å². The van der Waals surface area contributed by atoms with E-state index in [-0.39, 0.29) is 22.3 Å². The van der Waals surface area contributed by atoms with Gasteiger partial charge in [0.05, 0.1) is 4.90 Å². The summed E-state index contributed by atoms with van der Waals surface area (Å²) in [4.78, 5) is 24.8. The van der Waals surface area contributed by atoms with E-state index in [2.05, 4.69) is 4.72 Å². The number of ketones is 1. The van der Waals surface area contributed by atoms with Gasteiger partial charge < -0.3 is 4.90 Å². The van der Waals surface area contributed by atoms with Crippen molar-refractivity contribution in [3.05, 3.63) is 59.7 Å². The SMILES string of the molecule is CC(=O)c1cccc(S(=O)(=O)Nc2cccc(C(=O)N(C)C)c2)c1. The average Bonchev–Trinajstić information content (AvgIpc) is 2.54. The van der Waals surface area contributed by atoms with E-state index in [4.69, 9.17) is 0 Å². The highest BCUT2D eigenvalue weighted by Crippen LogP contribution is 2.19. The average molecular weight is 346 g/mol. The minimum atomic E-state index is -3.86. The van der Waals surface area contributed by atoms with Gasteiger partial charge in [0.15, 0.2) is 5.78 Å². The molecule has 0 heterocycles. The molecule has 7 heteroatoms. The fourth-order valence-electron chi connectivity index (χ4n) is 2.07. The van der Waals surface area contributed by atoms with Crippen LogP contribution in [0.25, 0.3) is 0 Å². The maximum absolute atomic E-state index is 12.5. The molecule has 0 radical (unpaired) electrons. The van der Waals surface area contributed by atoms with Gasteiger partial charge in [-0.05, 0) is 37.3 Å². The van der Waals surface area contributed by atoms with Gasteiger partial charge in [-0.1, -0.05) is 18.2 Å². The molecule has 6 nitrogen and oxygen atoms in total. The number of rotatable bonds is 5. The summed E-state index contributed by atoms with van der Waals surface area (Å²) in [6.45, 7) is 1.37. The smallest absolute Gasteiger partial charge is 0.261 e. The van der Waals surface area contributed by atoms with Crippen LogP contribution in [0.5, 0.6) is 0 Å². The maximum Gasteiger partial charge on any atom is 0.261 e. The molecule has 0 saturated carbocycles. The molecule has 0 aromatic heterocycles. The van der Waals surface area contributed by atoms with Gasteiger partial charge >= 0.3 is 0 Å². The predicted molar refractivity (Wildman–Crippen MR) is 91.7 cm³/mol. The van der Waals surface area contributed by atoms with Gasteiger partial charge in [0.1, 0.15) is 0 Å². The molecule has 1 amide bonds. The molecule has 0 aliphatic carbocycles. The van der Waals surface area contributed by atoms with Crippen molar-refractivity contribution in [1.29, 1.82) is 0 Å². The Hall–Kier alpha value is -2.67. The van der Waals surface area contributed by atoms with Gasteiger partial charge in [-0.25, -0.2) is 8.42 Å². The summed E-state index contributed by atoms with van der Waals surface area (Å²) in [6, 6.07) is 12.0. The second-order valence-corrected chi connectivity index (χ2v) is 7.15. The lowest BCUT2D eigenvalue weighted by atomic mass is 10.2. The van der Waals surface area contributed by atoms with Crippen LogP contribution >= 0.6 is 0 Å². The van der Waals surface area contributed by atoms with Gasteiger partial charge in [-0.15, -0.1) is 0 Å². The Morgan fingerprint density at radius 2 is 1.58 bits per heavy atom. The normalized spacial score (nSPS) is 11.0. The molecule has 0 fully saturated rings. The number of hydrogen-bond acceptors (Lipinski definition) is 4. The highest BCUT2D eigenvalue weighted by Gasteiger charge is 2.16. The molecule has 2 rings (SSSR count). The fraction of sp³-hybridized carbons (Fsp3) is 0.176. The number of carbonyl (C=O) groups excluding carboxylic acids is 2. The first kappa shape index (κ1) is 17.7. The van der Waals surface area contributed by atoms with Crippen LogP contribution in [-0.2, 0) is 10.0 Å². The number of nitrogens with one attached hydrogen (secondary N) is 1. The van der Waals surface area contributed by atoms with Crippen molar-refractivity contribution >= 4 is 27.4 Å². The molecule has 0 unspecified atom stereocenters. The lowest BCUT2D eigenvalue weighted by Crippen LogP contribution is -2.22. The molecule has 126 valence electrons. The van der Waals surface area contributed by atoms with Crippen LogP contribution in [-0.4, -0.2) is 39.1 Å². The summed E-state index contributed by atoms with van der Waals surface area (Å²) < 4.78 is 27.4. The molecule has 0 aliphatic rings. The van der Waals surface area contributed by atoms with E-state index in [1.54, 1.807) is 38.4 Å². The Morgan fingerprint density at radius 1 is 0.958 bits per heavy atom. The van der Waals surface area contributed by atoms with E-state index < -0.39 is 10.0 Å². The number of carbonyl (C=O) groups is 2. The Kier molecular flexibility index (Phi) is 5.04. The number of anilines is 1. The highest BCUT2D eigenvalue weighted by atomic mass is 32.2. The fourth-order valence-corrected chi connectivity index (χ4v) is 3.17. The van der Waals surface area contributed by atoms with Crippen molar-refractivity contribution in [2.75, 3.05) is 18.8 Å². The van der Waals surface area contributed by atoms with E-state index in [0.717, 1.165) is 0 Å². The monoisotopic (exact) mass is 346 g/mol. The third kappa shape index (κ3) is 3.99. The molecule has 0 atom stereocenters. The summed E-state index contributed by atoms with van der Waals surface area (Å²) in [5.41, 5.74) is 0.961. The third-order valence-electron chi connectivity index (χ3n) is 3.32. The zero-order chi connectivity index (χ0) is 17.9. The molecule has 24 heavy (non-hydrogen) atoms. The second-order valence-electron chi connectivity index (χ2n) is 5.47. The summed E-state index contributed by atoms with van der Waals surface area (Å²) in [7, 11) is -0.624. The van der Waals surface area contributed by atoms with Gasteiger partial charge in [0.2, 0.25) is 0 Å². The van der Waals surface area contributed by atoms with Gasteiger partial charge in [-0.3, -0.25) is 14.3 Å². The molecular formula is C17H18N2O4S. The number of sulfonamides is 1. The van der Waals surface area contributed by atoms with Gasteiger partial charge in [0.25, 0.3) is 15.9 Å². The van der Waals surface area contributed by atoms with Crippen molar-refractivity contribution < 1.29 is 18.0 Å². The summed E-state index contributed by atoms with van der Waals surface area (Å²) in [6.07, 6.45) is 0. The Morgan fingerprint density at radius 3 is 2.21 bits per heavy atom. The largest absolute Gasteiger partial charge is 0.345 e. The van der Waals surface area contributed by atoms with Crippen LogP contribution in [0.2, 0.25) is 0 Å². The van der Waals surface area contributed by atoms with E-state index >= 15 is 0 Å². The van der Waals surface area contributed by atoms with E-state index in [0.29, 0.717) is 11.1 Å². The number of Topliss-reactive ketones (excluding diaryl/α,β-unsaturated/α-hetero) is 1. The lowest BCUT2D eigenvalue weighted by molar-refractivity contribution is 0.0827. The predicted octanol–water partition coefficient (Wildman–Crippen LogP) is 2.39. The molecule has 2 aromatic carbocycles. The zero-order valence-corrected chi connectivity index (χ0v) is 14.4. The van der Waals surface area contributed by atoms with E-state index in [1.807, 2.05) is 0 Å². The van der Waals surface area contributed by atoms with Crippen molar-refractivity contribution in [3.8, 4) is 0 Å². The lowest BCUT2D eigenvalue weighted by Gasteiger charge is -2.12. The summed E-state index contributed by atoms with van der Waals surface area (Å²) in [5, 5.41) is 0. The van der Waals surface area contributed by atoms with Gasteiger partial charge in [-0.2, -0.15) is 0 Å². The van der Waals surface area contributed by atoms with Crippen molar-refractivity contribution in [2.45, 2.75) is 11.8 Å². The first-order chi connectivity index (χ1) is 11.2. The highest BCUT2D eigenvalue weighted by molar-refractivity contribution is 7.92. The van der Waals surface area contributed by atoms with Crippen LogP contribution in [0, 0.1) is 0 Å². The van der Waals surface area contributed by atoms with Crippen LogP contribution in [0.4, 0.5) is 5.69 Å². The third-order valence-corrected chi connectivity index (χ3v) is 4.70. The van der Waals surface area contributed by atoms with Crippen LogP contribution < -0.4 is 4.72 Å². The molecule has 1 N–H and O–H groups in total. The number of nitrogens with zero attached hydrogens (tertiary/aromatic N) is 1. The van der Waals surface area contributed by atoms with Crippen LogP contribution in [0.15, 0.2) is 53.4 Å². The number of amides is 1. The molecule has 0 saturated heterocycles. The van der Waals surface area contributed by atoms with E-state index in [1.165, 1.54) is 36.1 Å². The number of benzene rings is 2. The summed E-state index contributed by atoms with van der Waals surface area (Å²) in [5.74, 6) is -0.444. The van der Waals surface area contributed by atoms with Crippen molar-refractivity contribution in [2.24, 2.45) is 0 Å². The number of hydrogen-bond donors (Lipinski definition) is 1. The molecule has 0 aliphatic heterocycles. The van der Waals surface area contributed by atoms with Crippen molar-refractivity contribution in [1.82, 2.24) is 4.90 Å². The van der Waals surface area contributed by atoms with Crippen LogP contribution in [0.1, 0.15) is 27.6 Å². The molecular weight excluding hydrogens is 328 g/mol. The first-order valence-electron chi connectivity index (χ1n) is 7.16. The first-order valence-corrected chi connectivity index (χ1v) is 8.64. The molecule has 2 aromatic rings. The second kappa shape index (κ2) is 6.84. The quantitative estimate of drug-likeness (QED) is 0.843. The van der Waals surface area contributed by atoms with E-state index in [9.17, 15) is 18.0 Å². The molecule has 0 bridgehead atoms.